The molecule has 31 heavy (non-hydrogen) atoms. The third-order valence-corrected chi connectivity index (χ3v) is 9.06. The van der Waals surface area contributed by atoms with Crippen LogP contribution in [0.1, 0.15) is 79.1 Å². The quantitative estimate of drug-likeness (QED) is 0.677. The van der Waals surface area contributed by atoms with Gasteiger partial charge in [0.1, 0.15) is 0 Å². The average Bonchev–Trinajstić information content (AvgIpc) is 3.06. The van der Waals surface area contributed by atoms with Crippen LogP contribution in [0.5, 0.6) is 0 Å². The number of hydrogen-bond donors (Lipinski definition) is 2. The Balaban J connectivity index is 1.45. The zero-order valence-electron chi connectivity index (χ0n) is 20.2. The Labute approximate surface area is 189 Å². The fourth-order valence-electron chi connectivity index (χ4n) is 7.47. The van der Waals surface area contributed by atoms with Crippen molar-refractivity contribution < 1.29 is 14.9 Å². The largest absolute Gasteiger partial charge is 0.393 e. The number of aliphatic hydroxyl groups is 2. The van der Waals surface area contributed by atoms with Crippen molar-refractivity contribution in [1.29, 1.82) is 0 Å². The number of allylic oxidation sites excluding steroid dienone is 3. The van der Waals surface area contributed by atoms with Crippen LogP contribution >= 0.6 is 0 Å². The van der Waals surface area contributed by atoms with Crippen molar-refractivity contribution in [3.05, 3.63) is 23.3 Å². The van der Waals surface area contributed by atoms with Crippen LogP contribution in [0.25, 0.3) is 0 Å². The molecule has 2 N–H and O–H groups in total. The number of ether oxygens (including phenoxy) is 1. The number of rotatable bonds is 4. The molecule has 0 spiro atoms. The molecule has 0 bridgehead atoms. The molecular weight excluding hydrogens is 386 g/mol. The predicted octanol–water partition coefficient (Wildman–Crippen LogP) is 4.71. The Morgan fingerprint density at radius 2 is 1.90 bits per heavy atom. The lowest BCUT2D eigenvalue weighted by Gasteiger charge is -2.46. The molecule has 0 aromatic heterocycles. The summed E-state index contributed by atoms with van der Waals surface area (Å²) in [7, 11) is 0. The van der Waals surface area contributed by atoms with E-state index in [1.165, 1.54) is 44.2 Å². The molecule has 0 aromatic rings. The van der Waals surface area contributed by atoms with Crippen LogP contribution in [0, 0.1) is 23.2 Å². The molecule has 1 aliphatic heterocycles. The Morgan fingerprint density at radius 1 is 1.16 bits per heavy atom. The molecule has 4 rings (SSSR count). The Morgan fingerprint density at radius 3 is 2.65 bits per heavy atom. The average molecular weight is 432 g/mol. The van der Waals surface area contributed by atoms with Gasteiger partial charge in [0.25, 0.3) is 0 Å². The maximum absolute atomic E-state index is 10.0. The maximum Gasteiger partial charge on any atom is 0.0674 e. The summed E-state index contributed by atoms with van der Waals surface area (Å²) in [6.07, 6.45) is 12.7. The molecule has 1 saturated heterocycles. The van der Waals surface area contributed by atoms with Crippen molar-refractivity contribution in [1.82, 2.24) is 4.90 Å². The topological polar surface area (TPSA) is 52.9 Å². The molecule has 0 radical (unpaired) electrons. The van der Waals surface area contributed by atoms with Gasteiger partial charge in [-0.15, -0.1) is 0 Å². The maximum atomic E-state index is 10.0. The number of nitrogens with zero attached hydrogens (tertiary/aromatic N) is 1. The first-order valence-corrected chi connectivity index (χ1v) is 12.9. The Kier molecular flexibility index (Phi) is 7.32. The molecule has 4 heteroatoms. The molecule has 4 aliphatic rings. The first-order valence-electron chi connectivity index (χ1n) is 12.9. The van der Waals surface area contributed by atoms with E-state index >= 15 is 0 Å². The third-order valence-electron chi connectivity index (χ3n) is 9.06. The number of aliphatic hydroxyl groups excluding tert-OH is 2. The van der Waals surface area contributed by atoms with Crippen molar-refractivity contribution >= 4 is 0 Å². The van der Waals surface area contributed by atoms with E-state index in [0.29, 0.717) is 35.8 Å². The Bertz CT molecular complexity index is 676. The van der Waals surface area contributed by atoms with E-state index in [0.717, 1.165) is 31.9 Å². The molecule has 4 fully saturated rings. The highest BCUT2D eigenvalue weighted by atomic mass is 16.5. The van der Waals surface area contributed by atoms with Crippen molar-refractivity contribution in [3.8, 4) is 0 Å². The highest BCUT2D eigenvalue weighted by molar-refractivity contribution is 5.26. The van der Waals surface area contributed by atoms with E-state index < -0.39 is 0 Å². The fourth-order valence-corrected chi connectivity index (χ4v) is 7.47. The van der Waals surface area contributed by atoms with Crippen LogP contribution in [0.4, 0.5) is 0 Å². The summed E-state index contributed by atoms with van der Waals surface area (Å²) >= 11 is 0. The summed E-state index contributed by atoms with van der Waals surface area (Å²) < 4.78 is 5.85. The predicted molar refractivity (Wildman–Crippen MR) is 126 cm³/mol. The lowest BCUT2D eigenvalue weighted by Crippen LogP contribution is -2.50. The molecule has 0 aromatic carbocycles. The van der Waals surface area contributed by atoms with Crippen molar-refractivity contribution in [3.63, 3.8) is 0 Å². The van der Waals surface area contributed by atoms with Crippen LogP contribution in [0.15, 0.2) is 23.3 Å². The number of hydrogen-bond acceptors (Lipinski definition) is 4. The molecule has 0 amide bonds. The second-order valence-electron chi connectivity index (χ2n) is 11.5. The molecule has 1 heterocycles. The van der Waals surface area contributed by atoms with Crippen molar-refractivity contribution in [2.75, 3.05) is 19.7 Å². The van der Waals surface area contributed by atoms with Gasteiger partial charge in [0.2, 0.25) is 0 Å². The first kappa shape index (κ1) is 23.5. The van der Waals surface area contributed by atoms with E-state index in [1.54, 1.807) is 5.57 Å². The molecule has 4 nitrogen and oxygen atoms in total. The smallest absolute Gasteiger partial charge is 0.0674 e. The second-order valence-corrected chi connectivity index (χ2v) is 11.5. The zero-order valence-corrected chi connectivity index (χ0v) is 20.2. The summed E-state index contributed by atoms with van der Waals surface area (Å²) in [5.74, 6) is 2.20. The summed E-state index contributed by atoms with van der Waals surface area (Å²) in [6, 6.07) is 0.526. The molecule has 8 atom stereocenters. The summed E-state index contributed by atoms with van der Waals surface area (Å²) in [5, 5.41) is 20.0. The SMILES string of the molecule is CC(CN1C[C@@H](C)OC[C@H]1C)[C@H]1CC[C@H]2C(=CC=C3C[C@@H](O)C[C@H](O)C3)CCC[C@]12C. The van der Waals surface area contributed by atoms with Crippen LogP contribution < -0.4 is 0 Å². The van der Waals surface area contributed by atoms with Gasteiger partial charge < -0.3 is 14.9 Å². The van der Waals surface area contributed by atoms with Crippen LogP contribution in [-0.4, -0.2) is 59.2 Å². The van der Waals surface area contributed by atoms with Gasteiger partial charge >= 0.3 is 0 Å². The van der Waals surface area contributed by atoms with Gasteiger partial charge in [-0.1, -0.05) is 37.1 Å². The summed E-state index contributed by atoms with van der Waals surface area (Å²) in [6.45, 7) is 12.7. The standard InChI is InChI=1S/C27H45NO3/c1-18(15-28-16-20(3)31-17-19(28)2)25-9-10-26-22(6-5-11-27(25,26)4)8-7-21-12-23(29)14-24(30)13-21/h7-8,18-20,23-26,29-30H,5-6,9-17H2,1-4H3/t18?,19-,20-,23-,24-,25-,26+,27-/m1/s1. The molecular formula is C27H45NO3. The van der Waals surface area contributed by atoms with Crippen LogP contribution in [0.3, 0.4) is 0 Å². The lowest BCUT2D eigenvalue weighted by atomic mass is 9.61. The lowest BCUT2D eigenvalue weighted by molar-refractivity contribution is -0.0596. The summed E-state index contributed by atoms with van der Waals surface area (Å²) in [5.41, 5.74) is 3.25. The van der Waals surface area contributed by atoms with E-state index in [9.17, 15) is 10.2 Å². The number of fused-ring (bicyclic) bond motifs is 1. The second kappa shape index (κ2) is 9.67. The monoisotopic (exact) mass is 431 g/mol. The minimum absolute atomic E-state index is 0.351. The van der Waals surface area contributed by atoms with E-state index in [-0.39, 0.29) is 12.2 Å². The van der Waals surface area contributed by atoms with Crippen LogP contribution in [0.2, 0.25) is 0 Å². The number of morpholine rings is 1. The van der Waals surface area contributed by atoms with Gasteiger partial charge in [0, 0.05) is 19.1 Å². The Hall–Kier alpha value is -0.680. The van der Waals surface area contributed by atoms with Gasteiger partial charge in [-0.05, 0) is 88.4 Å². The molecule has 1 unspecified atom stereocenters. The first-order chi connectivity index (χ1) is 14.8. The minimum Gasteiger partial charge on any atom is -0.393 e. The molecule has 176 valence electrons. The molecule has 3 aliphatic carbocycles. The van der Waals surface area contributed by atoms with E-state index in [4.69, 9.17) is 4.74 Å². The van der Waals surface area contributed by atoms with Gasteiger partial charge in [0.05, 0.1) is 24.9 Å². The normalized spacial score (nSPS) is 44.3. The van der Waals surface area contributed by atoms with Gasteiger partial charge in [-0.3, -0.25) is 4.90 Å². The summed E-state index contributed by atoms with van der Waals surface area (Å²) in [4.78, 5) is 2.67. The minimum atomic E-state index is -0.382. The third kappa shape index (κ3) is 5.13. The van der Waals surface area contributed by atoms with Gasteiger partial charge in [-0.25, -0.2) is 0 Å². The highest BCUT2D eigenvalue weighted by Gasteiger charge is 2.51. The van der Waals surface area contributed by atoms with Crippen molar-refractivity contribution in [2.24, 2.45) is 23.2 Å². The zero-order chi connectivity index (χ0) is 22.2. The fraction of sp³-hybridized carbons (Fsp3) is 0.852. The molecule has 3 saturated carbocycles. The van der Waals surface area contributed by atoms with E-state index in [2.05, 4.69) is 44.7 Å². The highest BCUT2D eigenvalue weighted by Crippen LogP contribution is 2.59. The van der Waals surface area contributed by atoms with E-state index in [1.807, 2.05) is 0 Å². The van der Waals surface area contributed by atoms with Gasteiger partial charge in [0.15, 0.2) is 0 Å². The van der Waals surface area contributed by atoms with Crippen molar-refractivity contribution in [2.45, 2.75) is 103 Å². The van der Waals surface area contributed by atoms with Crippen LogP contribution in [-0.2, 0) is 4.74 Å². The van der Waals surface area contributed by atoms with Gasteiger partial charge in [-0.2, -0.15) is 0 Å².